The number of anilines is 1. The van der Waals surface area contributed by atoms with Crippen LogP contribution in [-0.2, 0) is 17.9 Å². The molecule has 0 saturated carbocycles. The largest absolute Gasteiger partial charge is 0.497 e. The average molecular weight is 447 g/mol. The third kappa shape index (κ3) is 5.45. The van der Waals surface area contributed by atoms with Crippen LogP contribution >= 0.6 is 0 Å². The highest BCUT2D eigenvalue weighted by atomic mass is 16.5. The number of piperidine rings is 1. The molecule has 0 bridgehead atoms. The van der Waals surface area contributed by atoms with Crippen molar-refractivity contribution in [1.29, 1.82) is 0 Å². The number of likely N-dealkylation sites (tertiary alicyclic amines) is 1. The van der Waals surface area contributed by atoms with Gasteiger partial charge in [-0.2, -0.15) is 5.10 Å². The maximum absolute atomic E-state index is 13.2. The van der Waals surface area contributed by atoms with Gasteiger partial charge in [0.2, 0.25) is 5.91 Å². The second kappa shape index (κ2) is 10.7. The lowest BCUT2D eigenvalue weighted by atomic mass is 9.96. The van der Waals surface area contributed by atoms with Gasteiger partial charge >= 0.3 is 0 Å². The zero-order chi connectivity index (χ0) is 23.2. The number of methoxy groups -OCH3 is 1. The Morgan fingerprint density at radius 2 is 1.97 bits per heavy atom. The van der Waals surface area contributed by atoms with Gasteiger partial charge in [0.1, 0.15) is 5.75 Å². The number of ether oxygens (including phenoxy) is 1. The third-order valence-corrected chi connectivity index (χ3v) is 6.50. The minimum atomic E-state index is -0.0198. The van der Waals surface area contributed by atoms with Crippen molar-refractivity contribution in [2.24, 2.45) is 5.92 Å². The van der Waals surface area contributed by atoms with E-state index in [2.05, 4.69) is 33.8 Å². The van der Waals surface area contributed by atoms with E-state index in [0.717, 1.165) is 68.0 Å². The molecule has 6 nitrogen and oxygen atoms in total. The van der Waals surface area contributed by atoms with Gasteiger partial charge in [-0.25, -0.2) is 0 Å². The fourth-order valence-electron chi connectivity index (χ4n) is 4.58. The standard InChI is InChI=1S/C27H34N4O2/c1-4-15-31-20(2)23(17-28-31)19-30-16-7-8-22(18-30)27(32)29-26-10-6-5-9-25(26)21-11-13-24(33-3)14-12-21/h5-6,9-14,17,22H,4,7-8,15-16,18-19H2,1-3H3,(H,29,32)/t22-/m1/s1. The Balaban J connectivity index is 1.42. The molecular weight excluding hydrogens is 412 g/mol. The maximum Gasteiger partial charge on any atom is 0.228 e. The SMILES string of the molecule is CCCn1ncc(CN2CCC[C@@H](C(=O)Nc3ccccc3-c3ccc(OC)cc3)C2)c1C. The van der Waals surface area contributed by atoms with Crippen molar-refractivity contribution in [3.63, 3.8) is 0 Å². The summed E-state index contributed by atoms with van der Waals surface area (Å²) < 4.78 is 7.36. The fourth-order valence-corrected chi connectivity index (χ4v) is 4.58. The quantitative estimate of drug-likeness (QED) is 0.521. The number of hydrogen-bond donors (Lipinski definition) is 1. The highest BCUT2D eigenvalue weighted by Crippen LogP contribution is 2.30. The zero-order valence-electron chi connectivity index (χ0n) is 19.9. The zero-order valence-corrected chi connectivity index (χ0v) is 19.9. The van der Waals surface area contributed by atoms with Crippen LogP contribution in [0, 0.1) is 12.8 Å². The van der Waals surface area contributed by atoms with E-state index in [1.165, 1.54) is 11.3 Å². The van der Waals surface area contributed by atoms with Crippen LogP contribution in [0.15, 0.2) is 54.7 Å². The molecule has 1 saturated heterocycles. The van der Waals surface area contributed by atoms with E-state index in [1.54, 1.807) is 7.11 Å². The molecule has 2 aromatic carbocycles. The lowest BCUT2D eigenvalue weighted by Gasteiger charge is -2.32. The van der Waals surface area contributed by atoms with Gasteiger partial charge in [-0.3, -0.25) is 14.4 Å². The van der Waals surface area contributed by atoms with E-state index in [0.29, 0.717) is 0 Å². The third-order valence-electron chi connectivity index (χ3n) is 6.50. The van der Waals surface area contributed by atoms with E-state index in [1.807, 2.05) is 54.7 Å². The monoisotopic (exact) mass is 446 g/mol. The summed E-state index contributed by atoms with van der Waals surface area (Å²) in [6.45, 7) is 7.90. The molecule has 6 heteroatoms. The van der Waals surface area contributed by atoms with Crippen LogP contribution in [0.3, 0.4) is 0 Å². The molecule has 1 aromatic heterocycles. The molecule has 1 atom stereocenters. The van der Waals surface area contributed by atoms with Gasteiger partial charge in [0.15, 0.2) is 0 Å². The molecule has 0 aliphatic carbocycles. The number of hydrogen-bond acceptors (Lipinski definition) is 4. The Morgan fingerprint density at radius 3 is 2.73 bits per heavy atom. The number of aryl methyl sites for hydroxylation is 1. The Labute approximate surface area is 196 Å². The van der Waals surface area contributed by atoms with Crippen LogP contribution in [-0.4, -0.2) is 40.8 Å². The predicted molar refractivity (Wildman–Crippen MR) is 132 cm³/mol. The van der Waals surface area contributed by atoms with Crippen molar-refractivity contribution in [1.82, 2.24) is 14.7 Å². The van der Waals surface area contributed by atoms with Crippen molar-refractivity contribution in [3.8, 4) is 16.9 Å². The minimum absolute atomic E-state index is 0.0198. The predicted octanol–water partition coefficient (Wildman–Crippen LogP) is 5.13. The summed E-state index contributed by atoms with van der Waals surface area (Å²) in [5.41, 5.74) is 5.41. The normalized spacial score (nSPS) is 16.5. The molecule has 1 amide bonds. The Bertz CT molecular complexity index is 1070. The van der Waals surface area contributed by atoms with Crippen molar-refractivity contribution in [3.05, 3.63) is 66.0 Å². The van der Waals surface area contributed by atoms with Crippen LogP contribution < -0.4 is 10.1 Å². The molecule has 2 heterocycles. The highest BCUT2D eigenvalue weighted by molar-refractivity contribution is 5.97. The minimum Gasteiger partial charge on any atom is -0.497 e. The first-order chi connectivity index (χ1) is 16.1. The summed E-state index contributed by atoms with van der Waals surface area (Å²) in [5.74, 6) is 0.894. The van der Waals surface area contributed by atoms with Gasteiger partial charge in [0.05, 0.1) is 19.2 Å². The van der Waals surface area contributed by atoms with E-state index < -0.39 is 0 Å². The molecule has 3 aromatic rings. The van der Waals surface area contributed by atoms with Gasteiger partial charge in [0.25, 0.3) is 0 Å². The molecule has 1 aliphatic heterocycles. The number of amides is 1. The van der Waals surface area contributed by atoms with E-state index in [-0.39, 0.29) is 11.8 Å². The van der Waals surface area contributed by atoms with Crippen LogP contribution in [0.2, 0.25) is 0 Å². The summed E-state index contributed by atoms with van der Waals surface area (Å²) in [4.78, 5) is 15.6. The van der Waals surface area contributed by atoms with Gasteiger partial charge < -0.3 is 10.1 Å². The van der Waals surface area contributed by atoms with Gasteiger partial charge in [0, 0.05) is 42.1 Å². The molecule has 0 radical (unpaired) electrons. The molecular formula is C27H34N4O2. The molecule has 1 aliphatic rings. The summed E-state index contributed by atoms with van der Waals surface area (Å²) in [6, 6.07) is 15.9. The molecule has 1 N–H and O–H groups in total. The first kappa shape index (κ1) is 23.1. The Kier molecular flexibility index (Phi) is 7.45. The van der Waals surface area contributed by atoms with Crippen molar-refractivity contribution >= 4 is 11.6 Å². The van der Waals surface area contributed by atoms with Crippen molar-refractivity contribution < 1.29 is 9.53 Å². The van der Waals surface area contributed by atoms with Gasteiger partial charge in [-0.15, -0.1) is 0 Å². The average Bonchev–Trinajstić information content (AvgIpc) is 3.19. The number of carbonyl (C=O) groups is 1. The Morgan fingerprint density at radius 1 is 1.18 bits per heavy atom. The van der Waals surface area contributed by atoms with Gasteiger partial charge in [-0.05, 0) is 56.5 Å². The smallest absolute Gasteiger partial charge is 0.228 e. The molecule has 174 valence electrons. The van der Waals surface area contributed by atoms with Crippen molar-refractivity contribution in [2.75, 3.05) is 25.5 Å². The first-order valence-corrected chi connectivity index (χ1v) is 11.9. The topological polar surface area (TPSA) is 59.4 Å². The van der Waals surface area contributed by atoms with E-state index in [4.69, 9.17) is 4.74 Å². The van der Waals surface area contributed by atoms with Crippen LogP contribution in [0.1, 0.15) is 37.4 Å². The second-order valence-electron chi connectivity index (χ2n) is 8.82. The van der Waals surface area contributed by atoms with Gasteiger partial charge in [-0.1, -0.05) is 37.3 Å². The number of aromatic nitrogens is 2. The summed E-state index contributed by atoms with van der Waals surface area (Å²) >= 11 is 0. The fraction of sp³-hybridized carbons (Fsp3) is 0.407. The number of carbonyl (C=O) groups excluding carboxylic acids is 1. The number of nitrogens with zero attached hydrogens (tertiary/aromatic N) is 3. The summed E-state index contributed by atoms with van der Waals surface area (Å²) in [7, 11) is 1.66. The second-order valence-corrected chi connectivity index (χ2v) is 8.82. The molecule has 4 rings (SSSR count). The van der Waals surface area contributed by atoms with Crippen molar-refractivity contribution in [2.45, 2.75) is 46.2 Å². The maximum atomic E-state index is 13.2. The van der Waals surface area contributed by atoms with Crippen LogP contribution in [0.4, 0.5) is 5.69 Å². The van der Waals surface area contributed by atoms with E-state index in [9.17, 15) is 4.79 Å². The molecule has 33 heavy (non-hydrogen) atoms. The Hall–Kier alpha value is -3.12. The number of para-hydroxylation sites is 1. The highest BCUT2D eigenvalue weighted by Gasteiger charge is 2.27. The lowest BCUT2D eigenvalue weighted by Crippen LogP contribution is -2.40. The number of benzene rings is 2. The van der Waals surface area contributed by atoms with Crippen LogP contribution in [0.25, 0.3) is 11.1 Å². The molecule has 0 spiro atoms. The summed E-state index contributed by atoms with van der Waals surface area (Å²) in [5, 5.41) is 7.74. The summed E-state index contributed by atoms with van der Waals surface area (Å²) in [6.07, 6.45) is 5.01. The van der Waals surface area contributed by atoms with Crippen LogP contribution in [0.5, 0.6) is 5.75 Å². The lowest BCUT2D eigenvalue weighted by molar-refractivity contribution is -0.121. The van der Waals surface area contributed by atoms with E-state index >= 15 is 0 Å². The number of nitrogens with one attached hydrogen (secondary N) is 1. The molecule has 1 fully saturated rings. The number of rotatable bonds is 8. The first-order valence-electron chi connectivity index (χ1n) is 11.9. The molecule has 0 unspecified atom stereocenters.